The van der Waals surface area contributed by atoms with Gasteiger partial charge in [0.25, 0.3) is 0 Å². The van der Waals surface area contributed by atoms with Crippen molar-refractivity contribution in [3.63, 3.8) is 0 Å². The maximum atomic E-state index is 12.5. The summed E-state index contributed by atoms with van der Waals surface area (Å²) in [4.78, 5) is 14.9. The molecule has 4 fully saturated rings. The minimum atomic E-state index is 0.120. The van der Waals surface area contributed by atoms with Gasteiger partial charge in [0.1, 0.15) is 0 Å². The number of carbonyl (C=O) groups excluding carboxylic acids is 1. The van der Waals surface area contributed by atoms with Crippen LogP contribution >= 0.6 is 0 Å². The normalized spacial score (nSPS) is 33.9. The lowest BCUT2D eigenvalue weighted by Gasteiger charge is -2.56. The molecule has 1 amide bonds. The molecule has 0 aliphatic heterocycles. The lowest BCUT2D eigenvalue weighted by Crippen LogP contribution is -2.56. The quantitative estimate of drug-likeness (QED) is 0.907. The van der Waals surface area contributed by atoms with Crippen LogP contribution in [0, 0.1) is 37.5 Å². The maximum Gasteiger partial charge on any atom is 0.238 e. The van der Waals surface area contributed by atoms with Crippen molar-refractivity contribution in [1.29, 1.82) is 0 Å². The van der Waals surface area contributed by atoms with E-state index < -0.39 is 0 Å². The third kappa shape index (κ3) is 2.99. The molecule has 4 aliphatic carbocycles. The van der Waals surface area contributed by atoms with Crippen molar-refractivity contribution in [2.45, 2.75) is 52.0 Å². The summed E-state index contributed by atoms with van der Waals surface area (Å²) in [5, 5.41) is 3.08. The highest BCUT2D eigenvalue weighted by molar-refractivity contribution is 5.92. The number of benzene rings is 1. The molecule has 5 rings (SSSR count). The average molecular weight is 326 g/mol. The minimum Gasteiger partial charge on any atom is -0.325 e. The summed E-state index contributed by atoms with van der Waals surface area (Å²) in [6.45, 7) is 4.70. The molecule has 1 aromatic carbocycles. The minimum absolute atomic E-state index is 0.120. The first-order valence-corrected chi connectivity index (χ1v) is 9.57. The fraction of sp³-hybridized carbons (Fsp3) is 0.667. The SMILES string of the molecule is Cc1ccc(NC(=O)CN(C)C2C3CC4CC(C3)CC2C4)cc1C. The molecule has 4 saturated carbocycles. The van der Waals surface area contributed by atoms with Crippen molar-refractivity contribution in [2.24, 2.45) is 23.7 Å². The molecule has 3 heteroatoms. The summed E-state index contributed by atoms with van der Waals surface area (Å²) in [6.07, 6.45) is 7.10. The smallest absolute Gasteiger partial charge is 0.238 e. The topological polar surface area (TPSA) is 32.3 Å². The maximum absolute atomic E-state index is 12.5. The number of hydrogen-bond acceptors (Lipinski definition) is 2. The fourth-order valence-corrected chi connectivity index (χ4v) is 5.97. The Morgan fingerprint density at radius 2 is 1.67 bits per heavy atom. The van der Waals surface area contributed by atoms with Crippen molar-refractivity contribution < 1.29 is 4.79 Å². The number of carbonyl (C=O) groups is 1. The van der Waals surface area contributed by atoms with Gasteiger partial charge in [0, 0.05) is 11.7 Å². The standard InChI is InChI=1S/C21H30N2O/c1-13-4-5-19(6-14(13)2)22-20(24)12-23(3)21-17-8-15-7-16(10-17)11-18(21)9-15/h4-6,15-18,21H,7-12H2,1-3H3,(H,22,24). The number of amides is 1. The fourth-order valence-electron chi connectivity index (χ4n) is 5.97. The van der Waals surface area contributed by atoms with Crippen LogP contribution < -0.4 is 5.32 Å². The molecule has 0 spiro atoms. The molecule has 0 saturated heterocycles. The number of rotatable bonds is 4. The molecule has 4 bridgehead atoms. The Balaban J connectivity index is 1.38. The van der Waals surface area contributed by atoms with Gasteiger partial charge < -0.3 is 5.32 Å². The van der Waals surface area contributed by atoms with Crippen molar-refractivity contribution in [1.82, 2.24) is 4.90 Å². The van der Waals surface area contributed by atoms with Crippen LogP contribution in [-0.4, -0.2) is 30.4 Å². The number of nitrogens with zero attached hydrogens (tertiary/aromatic N) is 1. The summed E-state index contributed by atoms with van der Waals surface area (Å²) < 4.78 is 0. The van der Waals surface area contributed by atoms with Gasteiger partial charge in [-0.05, 0) is 99.9 Å². The molecule has 0 heterocycles. The molecule has 130 valence electrons. The number of anilines is 1. The van der Waals surface area contributed by atoms with Gasteiger partial charge in [0.05, 0.1) is 6.54 Å². The summed E-state index contributed by atoms with van der Waals surface area (Å²) in [6, 6.07) is 6.77. The largest absolute Gasteiger partial charge is 0.325 e. The van der Waals surface area contributed by atoms with Crippen LogP contribution in [0.3, 0.4) is 0 Å². The Kier molecular flexibility index (Phi) is 4.16. The Labute approximate surface area is 145 Å². The van der Waals surface area contributed by atoms with Crippen molar-refractivity contribution in [2.75, 3.05) is 18.9 Å². The van der Waals surface area contributed by atoms with E-state index >= 15 is 0 Å². The molecule has 0 aromatic heterocycles. The Morgan fingerprint density at radius 1 is 1.04 bits per heavy atom. The molecule has 0 unspecified atom stereocenters. The summed E-state index contributed by atoms with van der Waals surface area (Å²) in [5.41, 5.74) is 3.41. The van der Waals surface area contributed by atoms with Crippen LogP contribution in [0.5, 0.6) is 0 Å². The first kappa shape index (κ1) is 16.1. The molecule has 3 nitrogen and oxygen atoms in total. The zero-order valence-electron chi connectivity index (χ0n) is 15.2. The summed E-state index contributed by atoms with van der Waals surface area (Å²) in [7, 11) is 2.16. The highest BCUT2D eigenvalue weighted by Gasteiger charge is 2.49. The molecule has 1 N–H and O–H groups in total. The van der Waals surface area contributed by atoms with Crippen LogP contribution in [0.1, 0.15) is 43.2 Å². The third-order valence-corrected chi connectivity index (χ3v) is 6.87. The molecular formula is C21H30N2O. The van der Waals surface area contributed by atoms with E-state index in [1.54, 1.807) is 0 Å². The lowest BCUT2D eigenvalue weighted by molar-refractivity contribution is -0.120. The Morgan fingerprint density at radius 3 is 2.25 bits per heavy atom. The zero-order valence-corrected chi connectivity index (χ0v) is 15.2. The van der Waals surface area contributed by atoms with Gasteiger partial charge in [-0.3, -0.25) is 9.69 Å². The number of nitrogens with one attached hydrogen (secondary N) is 1. The number of likely N-dealkylation sites (N-methyl/N-ethyl adjacent to an activating group) is 1. The van der Waals surface area contributed by atoms with Gasteiger partial charge >= 0.3 is 0 Å². The van der Waals surface area contributed by atoms with Crippen molar-refractivity contribution in [3.05, 3.63) is 29.3 Å². The van der Waals surface area contributed by atoms with E-state index in [0.29, 0.717) is 12.6 Å². The van der Waals surface area contributed by atoms with E-state index in [2.05, 4.69) is 43.2 Å². The molecule has 1 aromatic rings. The van der Waals surface area contributed by atoms with E-state index in [4.69, 9.17) is 0 Å². The first-order valence-electron chi connectivity index (χ1n) is 9.57. The summed E-state index contributed by atoms with van der Waals surface area (Å²) in [5.74, 6) is 3.76. The molecular weight excluding hydrogens is 296 g/mol. The second kappa shape index (κ2) is 6.18. The van der Waals surface area contributed by atoms with Gasteiger partial charge in [-0.15, -0.1) is 0 Å². The van der Waals surface area contributed by atoms with Gasteiger partial charge in [-0.2, -0.15) is 0 Å². The van der Waals surface area contributed by atoms with E-state index in [1.165, 1.54) is 43.2 Å². The van der Waals surface area contributed by atoms with Crippen molar-refractivity contribution in [3.8, 4) is 0 Å². The van der Waals surface area contributed by atoms with E-state index in [1.807, 2.05) is 6.07 Å². The third-order valence-electron chi connectivity index (χ3n) is 6.87. The van der Waals surface area contributed by atoms with E-state index in [0.717, 1.165) is 29.4 Å². The molecule has 0 radical (unpaired) electrons. The average Bonchev–Trinajstić information content (AvgIpc) is 2.49. The summed E-state index contributed by atoms with van der Waals surface area (Å²) >= 11 is 0. The van der Waals surface area contributed by atoms with E-state index in [9.17, 15) is 4.79 Å². The second-order valence-corrected chi connectivity index (χ2v) is 8.68. The van der Waals surface area contributed by atoms with Gasteiger partial charge in [0.15, 0.2) is 0 Å². The van der Waals surface area contributed by atoms with Crippen molar-refractivity contribution >= 4 is 11.6 Å². The van der Waals surface area contributed by atoms with Gasteiger partial charge in [-0.25, -0.2) is 0 Å². The zero-order chi connectivity index (χ0) is 16.8. The van der Waals surface area contributed by atoms with Crippen LogP contribution in [0.15, 0.2) is 18.2 Å². The molecule has 4 aliphatic rings. The van der Waals surface area contributed by atoms with Crippen LogP contribution in [-0.2, 0) is 4.79 Å². The lowest BCUT2D eigenvalue weighted by atomic mass is 9.54. The molecule has 24 heavy (non-hydrogen) atoms. The Bertz CT molecular complexity index is 611. The predicted molar refractivity (Wildman–Crippen MR) is 98.0 cm³/mol. The van der Waals surface area contributed by atoms with E-state index in [-0.39, 0.29) is 5.91 Å². The monoisotopic (exact) mass is 326 g/mol. The van der Waals surface area contributed by atoms with Crippen LogP contribution in [0.4, 0.5) is 5.69 Å². The predicted octanol–water partition coefficient (Wildman–Crippen LogP) is 4.00. The van der Waals surface area contributed by atoms with Gasteiger partial charge in [0.2, 0.25) is 5.91 Å². The second-order valence-electron chi connectivity index (χ2n) is 8.68. The number of hydrogen-bond donors (Lipinski definition) is 1. The number of aryl methyl sites for hydroxylation is 2. The highest BCUT2D eigenvalue weighted by atomic mass is 16.2. The molecule has 0 atom stereocenters. The Hall–Kier alpha value is -1.35. The van der Waals surface area contributed by atoms with Crippen LogP contribution in [0.25, 0.3) is 0 Å². The van der Waals surface area contributed by atoms with Gasteiger partial charge in [-0.1, -0.05) is 6.07 Å². The van der Waals surface area contributed by atoms with Crippen LogP contribution in [0.2, 0.25) is 0 Å². The first-order chi connectivity index (χ1) is 11.5. The highest BCUT2D eigenvalue weighted by Crippen LogP contribution is 2.54.